The van der Waals surface area contributed by atoms with Crippen molar-refractivity contribution < 1.29 is 4.79 Å². The molecule has 3 rings (SSSR count). The number of fused-ring (bicyclic) bond motifs is 1. The first kappa shape index (κ1) is 15.3. The van der Waals surface area contributed by atoms with Crippen molar-refractivity contribution >= 4 is 5.91 Å². The molecule has 0 spiro atoms. The molecule has 6 atom stereocenters. The van der Waals surface area contributed by atoms with Crippen LogP contribution in [-0.4, -0.2) is 53.0 Å². The molecule has 0 aromatic rings. The van der Waals surface area contributed by atoms with Crippen LogP contribution in [0.2, 0.25) is 0 Å². The second kappa shape index (κ2) is 5.88. The van der Waals surface area contributed by atoms with Crippen LogP contribution < -0.4 is 5.73 Å². The summed E-state index contributed by atoms with van der Waals surface area (Å²) >= 11 is 0. The van der Waals surface area contributed by atoms with E-state index in [2.05, 4.69) is 30.6 Å². The molecule has 4 unspecified atom stereocenters. The van der Waals surface area contributed by atoms with Gasteiger partial charge in [0.2, 0.25) is 5.91 Å². The second-order valence-electron chi connectivity index (χ2n) is 7.74. The van der Waals surface area contributed by atoms with Crippen molar-refractivity contribution in [2.75, 3.05) is 13.1 Å². The van der Waals surface area contributed by atoms with Crippen LogP contribution in [0.1, 0.15) is 52.9 Å². The van der Waals surface area contributed by atoms with E-state index in [1.807, 2.05) is 0 Å². The van der Waals surface area contributed by atoms with Crippen molar-refractivity contribution in [3.63, 3.8) is 0 Å². The lowest BCUT2D eigenvalue weighted by molar-refractivity contribution is -0.136. The first-order valence-corrected chi connectivity index (χ1v) is 8.79. The van der Waals surface area contributed by atoms with Gasteiger partial charge in [-0.05, 0) is 64.7 Å². The Hall–Kier alpha value is -0.610. The lowest BCUT2D eigenvalue weighted by Crippen LogP contribution is -2.50. The van der Waals surface area contributed by atoms with E-state index >= 15 is 0 Å². The van der Waals surface area contributed by atoms with Crippen LogP contribution in [0.15, 0.2) is 0 Å². The van der Waals surface area contributed by atoms with Crippen LogP contribution in [-0.2, 0) is 4.79 Å². The number of nitrogens with two attached hydrogens (primary N) is 1. The number of rotatable bonds is 2. The summed E-state index contributed by atoms with van der Waals surface area (Å²) in [4.78, 5) is 17.5. The number of carbonyl (C=O) groups excluding carboxylic acids is 1. The minimum atomic E-state index is 0.0336. The Morgan fingerprint density at radius 3 is 2.33 bits per heavy atom. The van der Waals surface area contributed by atoms with Gasteiger partial charge in [0, 0.05) is 31.2 Å². The molecule has 2 saturated heterocycles. The van der Waals surface area contributed by atoms with Gasteiger partial charge in [-0.3, -0.25) is 9.69 Å². The van der Waals surface area contributed by atoms with Gasteiger partial charge in [-0.1, -0.05) is 0 Å². The quantitative estimate of drug-likeness (QED) is 0.845. The van der Waals surface area contributed by atoms with Crippen LogP contribution in [0, 0.1) is 11.8 Å². The van der Waals surface area contributed by atoms with Crippen LogP contribution >= 0.6 is 0 Å². The minimum absolute atomic E-state index is 0.0336. The standard InChI is InChI=1S/C17H31N3O/c1-11-4-5-12(2)20(11)13(3)17(21)19-9-14-6-7-16(18)8-15(14)10-19/h11-16H,4-10,18H2,1-3H3/t11?,12?,13?,14-,15+,16?/m1/s1. The molecule has 120 valence electrons. The highest BCUT2D eigenvalue weighted by atomic mass is 16.2. The molecule has 1 aliphatic carbocycles. The van der Waals surface area contributed by atoms with E-state index in [9.17, 15) is 4.79 Å². The number of likely N-dealkylation sites (tertiary alicyclic amines) is 2. The molecular weight excluding hydrogens is 262 g/mol. The summed E-state index contributed by atoms with van der Waals surface area (Å²) in [5.74, 6) is 1.70. The molecule has 0 bridgehead atoms. The fourth-order valence-electron chi connectivity index (χ4n) is 5.02. The van der Waals surface area contributed by atoms with Gasteiger partial charge in [-0.25, -0.2) is 0 Å². The predicted molar refractivity (Wildman–Crippen MR) is 84.8 cm³/mol. The van der Waals surface area contributed by atoms with Gasteiger partial charge in [0.05, 0.1) is 6.04 Å². The van der Waals surface area contributed by atoms with E-state index in [0.29, 0.717) is 35.9 Å². The lowest BCUT2D eigenvalue weighted by Gasteiger charge is -2.34. The Morgan fingerprint density at radius 2 is 1.67 bits per heavy atom. The van der Waals surface area contributed by atoms with Crippen molar-refractivity contribution in [3.8, 4) is 0 Å². The van der Waals surface area contributed by atoms with Crippen molar-refractivity contribution in [1.29, 1.82) is 0 Å². The molecule has 2 heterocycles. The lowest BCUT2D eigenvalue weighted by atomic mass is 9.79. The van der Waals surface area contributed by atoms with Crippen molar-refractivity contribution in [2.24, 2.45) is 17.6 Å². The van der Waals surface area contributed by atoms with E-state index in [-0.39, 0.29) is 6.04 Å². The predicted octanol–water partition coefficient (Wildman–Crippen LogP) is 1.83. The zero-order valence-electron chi connectivity index (χ0n) is 13.8. The molecular formula is C17H31N3O. The maximum absolute atomic E-state index is 12.9. The largest absolute Gasteiger partial charge is 0.341 e. The Kier molecular flexibility index (Phi) is 4.28. The number of amides is 1. The smallest absolute Gasteiger partial charge is 0.239 e. The average molecular weight is 293 g/mol. The SMILES string of the molecule is CC1CCC(C)N1C(C)C(=O)N1C[C@H]2CCC(N)C[C@H]2C1. The third kappa shape index (κ3) is 2.85. The summed E-state index contributed by atoms with van der Waals surface area (Å²) in [6, 6.07) is 1.47. The highest BCUT2D eigenvalue weighted by molar-refractivity contribution is 5.82. The van der Waals surface area contributed by atoms with Crippen molar-refractivity contribution in [2.45, 2.75) is 77.0 Å². The second-order valence-corrected chi connectivity index (χ2v) is 7.74. The first-order valence-electron chi connectivity index (χ1n) is 8.79. The highest BCUT2D eigenvalue weighted by Crippen LogP contribution is 2.36. The van der Waals surface area contributed by atoms with Gasteiger partial charge in [0.15, 0.2) is 0 Å². The van der Waals surface area contributed by atoms with E-state index < -0.39 is 0 Å². The van der Waals surface area contributed by atoms with Gasteiger partial charge in [-0.15, -0.1) is 0 Å². The first-order chi connectivity index (χ1) is 9.97. The summed E-state index contributed by atoms with van der Waals surface area (Å²) in [5, 5.41) is 0. The number of hydrogen-bond acceptors (Lipinski definition) is 3. The van der Waals surface area contributed by atoms with Gasteiger partial charge < -0.3 is 10.6 Å². The van der Waals surface area contributed by atoms with Gasteiger partial charge in [0.1, 0.15) is 0 Å². The van der Waals surface area contributed by atoms with E-state index in [0.717, 1.165) is 25.9 Å². The molecule has 1 amide bonds. The number of nitrogens with zero attached hydrogens (tertiary/aromatic N) is 2. The van der Waals surface area contributed by atoms with Gasteiger partial charge in [-0.2, -0.15) is 0 Å². The molecule has 21 heavy (non-hydrogen) atoms. The summed E-state index contributed by atoms with van der Waals surface area (Å²) < 4.78 is 0. The topological polar surface area (TPSA) is 49.6 Å². The van der Waals surface area contributed by atoms with E-state index in [4.69, 9.17) is 5.73 Å². The third-order valence-corrected chi connectivity index (χ3v) is 6.23. The molecule has 1 saturated carbocycles. The average Bonchev–Trinajstić information content (AvgIpc) is 3.00. The molecule has 0 aromatic heterocycles. The normalized spacial score (nSPS) is 42.1. The molecule has 4 nitrogen and oxygen atoms in total. The van der Waals surface area contributed by atoms with Crippen molar-refractivity contribution in [3.05, 3.63) is 0 Å². The molecule has 2 aliphatic heterocycles. The van der Waals surface area contributed by atoms with Crippen molar-refractivity contribution in [1.82, 2.24) is 9.80 Å². The number of carbonyl (C=O) groups is 1. The van der Waals surface area contributed by atoms with Gasteiger partial charge >= 0.3 is 0 Å². The van der Waals surface area contributed by atoms with Crippen LogP contribution in [0.25, 0.3) is 0 Å². The summed E-state index contributed by atoms with van der Waals surface area (Å²) in [6.45, 7) is 8.54. The van der Waals surface area contributed by atoms with E-state index in [1.165, 1.54) is 19.3 Å². The minimum Gasteiger partial charge on any atom is -0.341 e. The Bertz CT molecular complexity index is 389. The fraction of sp³-hybridized carbons (Fsp3) is 0.941. The van der Waals surface area contributed by atoms with Gasteiger partial charge in [0.25, 0.3) is 0 Å². The fourth-order valence-corrected chi connectivity index (χ4v) is 5.02. The molecule has 3 aliphatic rings. The molecule has 2 N–H and O–H groups in total. The Labute approximate surface area is 129 Å². The maximum atomic E-state index is 12.9. The van der Waals surface area contributed by atoms with E-state index in [1.54, 1.807) is 0 Å². The molecule has 3 fully saturated rings. The molecule has 0 aromatic carbocycles. The molecule has 0 radical (unpaired) electrons. The van der Waals surface area contributed by atoms with Crippen LogP contribution in [0.4, 0.5) is 0 Å². The van der Waals surface area contributed by atoms with Crippen LogP contribution in [0.5, 0.6) is 0 Å². The molecule has 4 heteroatoms. The Morgan fingerprint density at radius 1 is 1.05 bits per heavy atom. The highest BCUT2D eigenvalue weighted by Gasteiger charge is 2.42. The summed E-state index contributed by atoms with van der Waals surface area (Å²) in [6.07, 6.45) is 5.90. The van der Waals surface area contributed by atoms with Crippen LogP contribution in [0.3, 0.4) is 0 Å². The third-order valence-electron chi connectivity index (χ3n) is 6.23. The monoisotopic (exact) mass is 293 g/mol. The summed E-state index contributed by atoms with van der Waals surface area (Å²) in [5.41, 5.74) is 6.10. The number of hydrogen-bond donors (Lipinski definition) is 1. The zero-order valence-corrected chi connectivity index (χ0v) is 13.8. The maximum Gasteiger partial charge on any atom is 0.239 e. The Balaban J connectivity index is 1.63. The summed E-state index contributed by atoms with van der Waals surface area (Å²) in [7, 11) is 0. The zero-order chi connectivity index (χ0) is 15.1.